The zero-order valence-corrected chi connectivity index (χ0v) is 27.3. The van der Waals surface area contributed by atoms with Crippen molar-refractivity contribution < 1.29 is 4.42 Å². The van der Waals surface area contributed by atoms with Crippen LogP contribution in [-0.2, 0) is 0 Å². The molecule has 0 fully saturated rings. The molecule has 0 aliphatic heterocycles. The Labute approximate surface area is 290 Å². The van der Waals surface area contributed by atoms with Crippen molar-refractivity contribution in [2.24, 2.45) is 0 Å². The van der Waals surface area contributed by atoms with Crippen LogP contribution in [0, 0.1) is 0 Å². The quantitative estimate of drug-likeness (QED) is 0.175. The molecule has 9 aromatic carbocycles. The van der Waals surface area contributed by atoms with Crippen molar-refractivity contribution in [2.45, 2.75) is 0 Å². The maximum absolute atomic E-state index is 6.27. The monoisotopic (exact) mass is 637 g/mol. The highest BCUT2D eigenvalue weighted by Crippen LogP contribution is 2.46. The van der Waals surface area contributed by atoms with Crippen LogP contribution in [0.15, 0.2) is 192 Å². The van der Waals surface area contributed by atoms with E-state index in [4.69, 9.17) is 4.42 Å². The van der Waals surface area contributed by atoms with Gasteiger partial charge in [-0.3, -0.25) is 0 Å². The van der Waals surface area contributed by atoms with Gasteiger partial charge in [0.1, 0.15) is 11.2 Å². The molecule has 0 aliphatic rings. The average molecular weight is 638 g/mol. The normalized spacial score (nSPS) is 11.6. The lowest BCUT2D eigenvalue weighted by molar-refractivity contribution is 0.669. The lowest BCUT2D eigenvalue weighted by Gasteiger charge is -2.29. The lowest BCUT2D eigenvalue weighted by Crippen LogP contribution is -2.11. The van der Waals surface area contributed by atoms with Gasteiger partial charge in [-0.05, 0) is 104 Å². The fraction of sp³-hybridized carbons (Fsp3) is 0. The first-order valence-electron chi connectivity index (χ1n) is 17.1. The molecule has 0 saturated heterocycles. The molecule has 0 saturated carbocycles. The van der Waals surface area contributed by atoms with E-state index in [1.165, 1.54) is 54.6 Å². The maximum Gasteiger partial charge on any atom is 0.135 e. The molecule has 1 heterocycles. The summed E-state index contributed by atoms with van der Waals surface area (Å²) in [5, 5.41) is 9.68. The highest BCUT2D eigenvalue weighted by Gasteiger charge is 2.21. The fourth-order valence-corrected chi connectivity index (χ4v) is 7.65. The Balaban J connectivity index is 1.23. The van der Waals surface area contributed by atoms with Gasteiger partial charge in [0.25, 0.3) is 0 Å². The third kappa shape index (κ3) is 4.65. The molecule has 50 heavy (non-hydrogen) atoms. The number of anilines is 3. The van der Waals surface area contributed by atoms with E-state index in [1.807, 2.05) is 12.1 Å². The third-order valence-corrected chi connectivity index (χ3v) is 10.0. The van der Waals surface area contributed by atoms with Crippen LogP contribution in [-0.4, -0.2) is 0 Å². The second kappa shape index (κ2) is 11.5. The summed E-state index contributed by atoms with van der Waals surface area (Å²) < 4.78 is 6.27. The average Bonchev–Trinajstić information content (AvgIpc) is 3.56. The van der Waals surface area contributed by atoms with Crippen LogP contribution in [0.5, 0.6) is 0 Å². The Morgan fingerprint density at radius 1 is 0.320 bits per heavy atom. The Morgan fingerprint density at radius 3 is 1.88 bits per heavy atom. The number of nitrogens with zero attached hydrogens (tertiary/aromatic N) is 1. The van der Waals surface area contributed by atoms with Crippen molar-refractivity contribution in [3.05, 3.63) is 188 Å². The zero-order valence-electron chi connectivity index (χ0n) is 27.3. The summed E-state index contributed by atoms with van der Waals surface area (Å²) in [6, 6.07) is 67.7. The molecule has 0 amide bonds. The molecule has 0 aliphatic carbocycles. The first-order chi connectivity index (χ1) is 24.8. The number of hydrogen-bond donors (Lipinski definition) is 0. The van der Waals surface area contributed by atoms with Gasteiger partial charge in [-0.25, -0.2) is 0 Å². The Hall–Kier alpha value is -6.64. The standard InChI is InChI=1S/C48H31NO/c1-2-13-33-28-35(25-24-32(33)12-1)34-15-11-16-37(29-34)49(38-26-27-48-45(31-38)43-21-8-10-23-47(43)50-48)46-22-9-7-20-42(46)44-30-36-14-3-4-17-39(36)40-18-5-6-19-41(40)44/h1-31H. The molecule has 10 aromatic rings. The minimum Gasteiger partial charge on any atom is -0.456 e. The molecule has 2 nitrogen and oxygen atoms in total. The van der Waals surface area contributed by atoms with Crippen LogP contribution in [0.2, 0.25) is 0 Å². The topological polar surface area (TPSA) is 16.4 Å². The number of benzene rings is 9. The largest absolute Gasteiger partial charge is 0.456 e. The Morgan fingerprint density at radius 2 is 0.980 bits per heavy atom. The second-order valence-corrected chi connectivity index (χ2v) is 12.9. The van der Waals surface area contributed by atoms with Crippen LogP contribution in [0.1, 0.15) is 0 Å². The molecule has 234 valence electrons. The molecular formula is C48H31NO. The molecule has 0 bridgehead atoms. The number of fused-ring (bicyclic) bond motifs is 7. The van der Waals surface area contributed by atoms with Crippen LogP contribution >= 0.6 is 0 Å². The van der Waals surface area contributed by atoms with Crippen molar-refractivity contribution in [1.29, 1.82) is 0 Å². The summed E-state index contributed by atoms with van der Waals surface area (Å²) in [6.07, 6.45) is 0. The van der Waals surface area contributed by atoms with Crippen molar-refractivity contribution in [3.63, 3.8) is 0 Å². The second-order valence-electron chi connectivity index (χ2n) is 12.9. The van der Waals surface area contributed by atoms with Gasteiger partial charge in [-0.1, -0.05) is 133 Å². The Bertz CT molecular complexity index is 2900. The van der Waals surface area contributed by atoms with Gasteiger partial charge in [-0.2, -0.15) is 0 Å². The predicted octanol–water partition coefficient (Wildman–Crippen LogP) is 13.8. The lowest BCUT2D eigenvalue weighted by atomic mass is 9.92. The van der Waals surface area contributed by atoms with E-state index in [-0.39, 0.29) is 0 Å². The van der Waals surface area contributed by atoms with Crippen LogP contribution in [0.3, 0.4) is 0 Å². The fourth-order valence-electron chi connectivity index (χ4n) is 7.65. The van der Waals surface area contributed by atoms with E-state index in [1.54, 1.807) is 0 Å². The highest BCUT2D eigenvalue weighted by atomic mass is 16.3. The SMILES string of the molecule is c1cc(-c2ccc3ccccc3c2)cc(N(c2ccc3oc4ccccc4c3c2)c2ccccc2-c2cc3ccccc3c3ccccc23)c1. The van der Waals surface area contributed by atoms with Gasteiger partial charge >= 0.3 is 0 Å². The summed E-state index contributed by atoms with van der Waals surface area (Å²) in [7, 11) is 0. The summed E-state index contributed by atoms with van der Waals surface area (Å²) in [6.45, 7) is 0. The van der Waals surface area contributed by atoms with Gasteiger partial charge in [-0.15, -0.1) is 0 Å². The number of furan rings is 1. The van der Waals surface area contributed by atoms with E-state index in [9.17, 15) is 0 Å². The number of hydrogen-bond acceptors (Lipinski definition) is 2. The minimum absolute atomic E-state index is 0.883. The van der Waals surface area contributed by atoms with Crippen molar-refractivity contribution in [2.75, 3.05) is 4.90 Å². The highest BCUT2D eigenvalue weighted by molar-refractivity contribution is 6.15. The smallest absolute Gasteiger partial charge is 0.135 e. The summed E-state index contributed by atoms with van der Waals surface area (Å²) >= 11 is 0. The minimum atomic E-state index is 0.883. The summed E-state index contributed by atoms with van der Waals surface area (Å²) in [4.78, 5) is 2.41. The van der Waals surface area contributed by atoms with Crippen LogP contribution in [0.25, 0.3) is 76.5 Å². The van der Waals surface area contributed by atoms with Crippen LogP contribution in [0.4, 0.5) is 17.1 Å². The number of rotatable bonds is 5. The summed E-state index contributed by atoms with van der Waals surface area (Å²) in [5.41, 5.74) is 9.77. The van der Waals surface area contributed by atoms with Gasteiger partial charge in [0.15, 0.2) is 0 Å². The molecule has 0 radical (unpaired) electrons. The van der Waals surface area contributed by atoms with Gasteiger partial charge in [0.2, 0.25) is 0 Å². The van der Waals surface area contributed by atoms with Gasteiger partial charge in [0.05, 0.1) is 5.69 Å². The van der Waals surface area contributed by atoms with Gasteiger partial charge in [0, 0.05) is 27.7 Å². The zero-order chi connectivity index (χ0) is 33.0. The maximum atomic E-state index is 6.27. The summed E-state index contributed by atoms with van der Waals surface area (Å²) in [5.74, 6) is 0. The third-order valence-electron chi connectivity index (χ3n) is 10.0. The molecule has 0 atom stereocenters. The predicted molar refractivity (Wildman–Crippen MR) is 212 cm³/mol. The van der Waals surface area contributed by atoms with E-state index >= 15 is 0 Å². The van der Waals surface area contributed by atoms with Crippen molar-refractivity contribution >= 4 is 71.3 Å². The van der Waals surface area contributed by atoms with E-state index in [2.05, 4.69) is 181 Å². The number of para-hydroxylation sites is 2. The molecular weight excluding hydrogens is 607 g/mol. The van der Waals surface area contributed by atoms with Crippen molar-refractivity contribution in [3.8, 4) is 22.3 Å². The van der Waals surface area contributed by atoms with E-state index < -0.39 is 0 Å². The Kier molecular flexibility index (Phi) is 6.53. The van der Waals surface area contributed by atoms with Crippen LogP contribution < -0.4 is 4.90 Å². The van der Waals surface area contributed by atoms with E-state index in [0.29, 0.717) is 0 Å². The molecule has 0 unspecified atom stereocenters. The molecule has 10 rings (SSSR count). The molecule has 0 spiro atoms. The van der Waals surface area contributed by atoms with Crippen molar-refractivity contribution in [1.82, 2.24) is 0 Å². The molecule has 0 N–H and O–H groups in total. The molecule has 2 heteroatoms. The first-order valence-corrected chi connectivity index (χ1v) is 17.1. The van der Waals surface area contributed by atoms with E-state index in [0.717, 1.165) is 39.0 Å². The van der Waals surface area contributed by atoms with Gasteiger partial charge < -0.3 is 9.32 Å². The molecule has 1 aromatic heterocycles. The first kappa shape index (κ1) is 28.4.